The number of hydrogen-bond acceptors (Lipinski definition) is 5. The molecule has 2 aliphatic rings. The maximum absolute atomic E-state index is 13.4. The lowest BCUT2D eigenvalue weighted by Crippen LogP contribution is -2.43. The van der Waals surface area contributed by atoms with Crippen molar-refractivity contribution in [2.75, 3.05) is 19.6 Å². The summed E-state index contributed by atoms with van der Waals surface area (Å²) in [7, 11) is 0. The molecule has 1 aliphatic carbocycles. The van der Waals surface area contributed by atoms with Gasteiger partial charge in [-0.3, -0.25) is 4.90 Å². The molecule has 2 aromatic rings. The summed E-state index contributed by atoms with van der Waals surface area (Å²) in [6.45, 7) is 2.90. The average molecular weight is 410 g/mol. The Labute approximate surface area is 176 Å². The highest BCUT2D eigenvalue weighted by Crippen LogP contribution is 2.39. The number of carbonyl (C=O) groups excluding carboxylic acids is 1. The number of benzene rings is 1. The molecular weight excluding hydrogens is 382 g/mol. The van der Waals surface area contributed by atoms with Gasteiger partial charge in [0.05, 0.1) is 11.4 Å². The first kappa shape index (κ1) is 20.2. The van der Waals surface area contributed by atoms with Crippen molar-refractivity contribution in [1.29, 1.82) is 0 Å². The van der Waals surface area contributed by atoms with Crippen molar-refractivity contribution >= 4 is 17.3 Å². The number of hydrogen-bond donors (Lipinski definition) is 1. The van der Waals surface area contributed by atoms with E-state index in [1.54, 1.807) is 18.2 Å². The Morgan fingerprint density at radius 1 is 1.10 bits per heavy atom. The summed E-state index contributed by atoms with van der Waals surface area (Å²) in [6.07, 6.45) is 5.87. The molecule has 5 heteroatoms. The molecular formula is C24H27NO3S. The molecule has 2 fully saturated rings. The van der Waals surface area contributed by atoms with Gasteiger partial charge in [0.25, 0.3) is 0 Å². The zero-order chi connectivity index (χ0) is 20.2. The molecule has 4 nitrogen and oxygen atoms in total. The Kier molecular flexibility index (Phi) is 6.05. The first-order valence-electron chi connectivity index (χ1n) is 10.4. The Hall–Kier alpha value is -2.13. The van der Waals surface area contributed by atoms with Gasteiger partial charge in [-0.15, -0.1) is 11.3 Å². The number of ether oxygens (including phenoxy) is 1. The topological polar surface area (TPSA) is 49.8 Å². The highest BCUT2D eigenvalue weighted by Gasteiger charge is 2.47. The number of likely N-dealkylation sites (tertiary alicyclic amines) is 1. The third-order valence-corrected chi connectivity index (χ3v) is 6.86. The number of rotatable bonds is 5. The number of aliphatic hydroxyl groups is 1. The third kappa shape index (κ3) is 4.25. The number of thiophene rings is 1. The second-order valence-electron chi connectivity index (χ2n) is 7.93. The van der Waals surface area contributed by atoms with Crippen LogP contribution in [0.25, 0.3) is 0 Å². The van der Waals surface area contributed by atoms with E-state index >= 15 is 0 Å². The molecule has 0 radical (unpaired) electrons. The number of esters is 1. The van der Waals surface area contributed by atoms with Gasteiger partial charge >= 0.3 is 5.97 Å². The second-order valence-corrected chi connectivity index (χ2v) is 8.88. The van der Waals surface area contributed by atoms with Crippen LogP contribution in [0.5, 0.6) is 0 Å². The summed E-state index contributed by atoms with van der Waals surface area (Å²) in [5.74, 6) is 5.90. The summed E-state index contributed by atoms with van der Waals surface area (Å²) in [4.78, 5) is 16.3. The van der Waals surface area contributed by atoms with E-state index in [9.17, 15) is 9.90 Å². The van der Waals surface area contributed by atoms with Gasteiger partial charge in [0.2, 0.25) is 5.60 Å². The molecule has 2 heterocycles. The predicted octanol–water partition coefficient (Wildman–Crippen LogP) is 3.94. The molecule has 0 amide bonds. The molecule has 1 N–H and O–H groups in total. The van der Waals surface area contributed by atoms with Gasteiger partial charge in [-0.05, 0) is 63.1 Å². The molecule has 1 aromatic heterocycles. The monoisotopic (exact) mass is 409 g/mol. The average Bonchev–Trinajstić information content (AvgIpc) is 3.51. The molecule has 1 aliphatic heterocycles. The highest BCUT2D eigenvalue weighted by molar-refractivity contribution is 7.10. The van der Waals surface area contributed by atoms with Gasteiger partial charge in [-0.1, -0.05) is 48.2 Å². The standard InChI is InChI=1S/C24H27NO3S/c26-22(24(27,21-12-8-19-29-21)20-10-2-1-3-11-20)28-23(13-4-5-14-23)15-9-18-25-16-6-7-17-25/h1-3,8,10-12,19,27H,4-7,13-14,16-18H2. The zero-order valence-electron chi connectivity index (χ0n) is 16.6. The van der Waals surface area contributed by atoms with Crippen molar-refractivity contribution in [1.82, 2.24) is 4.90 Å². The van der Waals surface area contributed by atoms with Crippen molar-refractivity contribution in [2.45, 2.75) is 49.7 Å². The van der Waals surface area contributed by atoms with Crippen molar-refractivity contribution in [2.24, 2.45) is 0 Å². The lowest BCUT2D eigenvalue weighted by atomic mass is 9.91. The fourth-order valence-electron chi connectivity index (χ4n) is 4.23. The van der Waals surface area contributed by atoms with E-state index in [-0.39, 0.29) is 0 Å². The van der Waals surface area contributed by atoms with Crippen LogP contribution in [0.15, 0.2) is 47.8 Å². The predicted molar refractivity (Wildman–Crippen MR) is 115 cm³/mol. The summed E-state index contributed by atoms with van der Waals surface area (Å²) in [5.41, 5.74) is -2.09. The summed E-state index contributed by atoms with van der Waals surface area (Å²) < 4.78 is 6.03. The largest absolute Gasteiger partial charge is 0.443 e. The minimum Gasteiger partial charge on any atom is -0.443 e. The minimum absolute atomic E-state index is 0.519. The molecule has 4 rings (SSSR count). The maximum Gasteiger partial charge on any atom is 0.350 e. The molecule has 1 unspecified atom stereocenters. The van der Waals surface area contributed by atoms with E-state index in [2.05, 4.69) is 16.7 Å². The summed E-state index contributed by atoms with van der Waals surface area (Å²) >= 11 is 1.35. The van der Waals surface area contributed by atoms with Gasteiger partial charge in [0, 0.05) is 5.56 Å². The van der Waals surface area contributed by atoms with E-state index in [4.69, 9.17) is 4.74 Å². The fraction of sp³-hybridized carbons (Fsp3) is 0.458. The van der Waals surface area contributed by atoms with Crippen LogP contribution >= 0.6 is 11.3 Å². The van der Waals surface area contributed by atoms with Crippen LogP contribution in [-0.2, 0) is 15.1 Å². The first-order valence-corrected chi connectivity index (χ1v) is 11.3. The lowest BCUT2D eigenvalue weighted by Gasteiger charge is -2.31. The normalized spacial score (nSPS) is 20.6. The van der Waals surface area contributed by atoms with Gasteiger partial charge in [-0.25, -0.2) is 4.79 Å². The molecule has 1 saturated heterocycles. The van der Waals surface area contributed by atoms with Crippen molar-refractivity contribution in [3.8, 4) is 11.8 Å². The van der Waals surface area contributed by atoms with Gasteiger partial charge in [-0.2, -0.15) is 0 Å². The van der Waals surface area contributed by atoms with Crippen LogP contribution in [0, 0.1) is 11.8 Å². The van der Waals surface area contributed by atoms with E-state index in [1.807, 2.05) is 29.6 Å². The first-order chi connectivity index (χ1) is 14.1. The lowest BCUT2D eigenvalue weighted by molar-refractivity contribution is -0.172. The molecule has 0 spiro atoms. The number of carbonyl (C=O) groups is 1. The third-order valence-electron chi connectivity index (χ3n) is 5.88. The Bertz CT molecular complexity index is 872. The van der Waals surface area contributed by atoms with E-state index in [0.29, 0.717) is 17.0 Å². The van der Waals surface area contributed by atoms with Gasteiger partial charge in [0.15, 0.2) is 5.60 Å². The molecule has 1 saturated carbocycles. The number of nitrogens with zero attached hydrogens (tertiary/aromatic N) is 1. The summed E-state index contributed by atoms with van der Waals surface area (Å²) in [5, 5.41) is 13.4. The minimum atomic E-state index is -1.82. The van der Waals surface area contributed by atoms with E-state index in [1.165, 1.54) is 24.2 Å². The van der Waals surface area contributed by atoms with Crippen molar-refractivity contribution < 1.29 is 14.6 Å². The molecule has 0 bridgehead atoms. The van der Waals surface area contributed by atoms with Crippen LogP contribution < -0.4 is 0 Å². The van der Waals surface area contributed by atoms with Crippen molar-refractivity contribution in [3.63, 3.8) is 0 Å². The Balaban J connectivity index is 1.59. The quantitative estimate of drug-likeness (QED) is 0.600. The Morgan fingerprint density at radius 2 is 1.83 bits per heavy atom. The van der Waals surface area contributed by atoms with Gasteiger partial charge < -0.3 is 9.84 Å². The summed E-state index contributed by atoms with van der Waals surface area (Å²) in [6, 6.07) is 12.7. The zero-order valence-corrected chi connectivity index (χ0v) is 17.4. The van der Waals surface area contributed by atoms with E-state index in [0.717, 1.165) is 38.8 Å². The smallest absolute Gasteiger partial charge is 0.350 e. The molecule has 29 heavy (non-hydrogen) atoms. The van der Waals surface area contributed by atoms with Crippen LogP contribution in [0.2, 0.25) is 0 Å². The second kappa shape index (κ2) is 8.71. The van der Waals surface area contributed by atoms with Crippen LogP contribution in [0.1, 0.15) is 49.0 Å². The fourth-order valence-corrected chi connectivity index (χ4v) is 5.06. The molecule has 1 aromatic carbocycles. The van der Waals surface area contributed by atoms with Crippen molar-refractivity contribution in [3.05, 3.63) is 58.3 Å². The molecule has 1 atom stereocenters. The van der Waals surface area contributed by atoms with Gasteiger partial charge in [0.1, 0.15) is 0 Å². The van der Waals surface area contributed by atoms with Crippen LogP contribution in [-0.4, -0.2) is 41.2 Å². The maximum atomic E-state index is 13.4. The Morgan fingerprint density at radius 3 is 2.48 bits per heavy atom. The van der Waals surface area contributed by atoms with Crippen LogP contribution in [0.3, 0.4) is 0 Å². The van der Waals surface area contributed by atoms with E-state index < -0.39 is 17.2 Å². The van der Waals surface area contributed by atoms with Crippen LogP contribution in [0.4, 0.5) is 0 Å². The highest BCUT2D eigenvalue weighted by atomic mass is 32.1. The molecule has 152 valence electrons. The SMILES string of the molecule is O=C(OC1(C#CCN2CCCC2)CCCC1)C(O)(c1ccccc1)c1cccs1.